The Labute approximate surface area is 165 Å². The summed E-state index contributed by atoms with van der Waals surface area (Å²) < 4.78 is 0. The van der Waals surface area contributed by atoms with Gasteiger partial charge in [-0.3, -0.25) is 9.89 Å². The molecule has 4 aromatic rings. The van der Waals surface area contributed by atoms with Crippen molar-refractivity contribution in [3.05, 3.63) is 53.2 Å². The molecule has 1 amide bonds. The number of thiazole rings is 1. The molecule has 1 aromatic carbocycles. The highest BCUT2D eigenvalue weighted by Crippen LogP contribution is 2.28. The molecule has 142 valence electrons. The molecule has 0 aliphatic rings. The number of carbonyl (C=O) groups is 1. The van der Waals surface area contributed by atoms with E-state index in [0.717, 1.165) is 28.0 Å². The summed E-state index contributed by atoms with van der Waals surface area (Å²) in [6.07, 6.45) is 3.27. The summed E-state index contributed by atoms with van der Waals surface area (Å²) in [5.74, 6) is 1.30. The van der Waals surface area contributed by atoms with Crippen molar-refractivity contribution >= 4 is 50.6 Å². The first-order chi connectivity index (χ1) is 13.5. The van der Waals surface area contributed by atoms with Gasteiger partial charge in [0.05, 0.1) is 23.6 Å². The van der Waals surface area contributed by atoms with Gasteiger partial charge >= 0.3 is 0 Å². The number of carbonyl (C=O) groups excluding carboxylic acids is 1. The van der Waals surface area contributed by atoms with Gasteiger partial charge in [0.25, 0.3) is 5.91 Å². The van der Waals surface area contributed by atoms with Crippen LogP contribution in [0.2, 0.25) is 0 Å². The molecule has 3 heterocycles. The Balaban J connectivity index is 1.52. The first kappa shape index (κ1) is 17.9. The quantitative estimate of drug-likeness (QED) is 0.477. The Morgan fingerprint density at radius 2 is 2.04 bits per heavy atom. The van der Waals surface area contributed by atoms with Crippen molar-refractivity contribution in [1.29, 1.82) is 0 Å². The van der Waals surface area contributed by atoms with Gasteiger partial charge in [0.2, 0.25) is 0 Å². The summed E-state index contributed by atoms with van der Waals surface area (Å²) in [5, 5.41) is 14.6. The lowest BCUT2D eigenvalue weighted by Gasteiger charge is -2.12. The number of amides is 1. The molecule has 0 aliphatic carbocycles. The van der Waals surface area contributed by atoms with Crippen LogP contribution in [0.3, 0.4) is 0 Å². The zero-order chi connectivity index (χ0) is 19.7. The number of aromatic amines is 1. The number of benzene rings is 1. The number of H-pyrrole nitrogens is 1. The molecule has 0 bridgehead atoms. The third-order valence-electron chi connectivity index (χ3n) is 4.23. The third-order valence-corrected chi connectivity index (χ3v) is 5.14. The van der Waals surface area contributed by atoms with Crippen LogP contribution in [-0.2, 0) is 0 Å². The number of nitrogens with one attached hydrogen (secondary N) is 3. The number of rotatable bonds is 5. The minimum atomic E-state index is -0.211. The molecule has 0 atom stereocenters. The minimum absolute atomic E-state index is 0.211. The average molecular weight is 393 g/mol. The fraction of sp³-hybridized carbons (Fsp3) is 0.158. The topological polar surface area (TPSA) is 98.8 Å². The summed E-state index contributed by atoms with van der Waals surface area (Å²) in [6, 6.07) is 9.58. The number of fused-ring (bicyclic) bond motifs is 1. The molecule has 3 aromatic heterocycles. The maximum Gasteiger partial charge on any atom is 0.267 e. The molecule has 0 saturated heterocycles. The van der Waals surface area contributed by atoms with Crippen LogP contribution in [0.1, 0.15) is 15.2 Å². The number of hydrogen-bond acceptors (Lipinski definition) is 7. The highest BCUT2D eigenvalue weighted by molar-refractivity contribution is 7.17. The van der Waals surface area contributed by atoms with Gasteiger partial charge in [-0.2, -0.15) is 5.10 Å². The van der Waals surface area contributed by atoms with Crippen LogP contribution >= 0.6 is 11.3 Å². The standard InChI is InChI=1S/C19H19N7OS/c1-11-7-8-13-12(9-21-25-13)17(11)24-18(27)14-10-20-19(28-14)23-15-5-4-6-16(22-15)26(2)3/h4-10H,1-3H3,(H,21,25)(H,24,27)(H,20,22,23). The second-order valence-electron chi connectivity index (χ2n) is 6.47. The second-order valence-corrected chi connectivity index (χ2v) is 7.50. The first-order valence-corrected chi connectivity index (χ1v) is 9.44. The number of nitrogens with zero attached hydrogens (tertiary/aromatic N) is 4. The zero-order valence-corrected chi connectivity index (χ0v) is 16.5. The summed E-state index contributed by atoms with van der Waals surface area (Å²) in [7, 11) is 3.86. The Morgan fingerprint density at radius 3 is 2.86 bits per heavy atom. The van der Waals surface area contributed by atoms with E-state index in [1.807, 2.05) is 56.3 Å². The maximum atomic E-state index is 12.7. The van der Waals surface area contributed by atoms with E-state index in [2.05, 4.69) is 30.8 Å². The zero-order valence-electron chi connectivity index (χ0n) is 15.6. The molecule has 0 aliphatic heterocycles. The normalized spacial score (nSPS) is 10.8. The Kier molecular flexibility index (Phi) is 4.66. The molecule has 8 nitrogen and oxygen atoms in total. The lowest BCUT2D eigenvalue weighted by Crippen LogP contribution is -2.11. The number of hydrogen-bond donors (Lipinski definition) is 3. The van der Waals surface area contributed by atoms with E-state index < -0.39 is 0 Å². The van der Waals surface area contributed by atoms with Crippen LogP contribution in [0, 0.1) is 6.92 Å². The molecule has 0 unspecified atom stereocenters. The summed E-state index contributed by atoms with van der Waals surface area (Å²) in [5.41, 5.74) is 2.59. The van der Waals surface area contributed by atoms with Gasteiger partial charge < -0.3 is 15.5 Å². The minimum Gasteiger partial charge on any atom is -0.363 e. The number of aryl methyl sites for hydroxylation is 1. The van der Waals surface area contributed by atoms with Crippen LogP contribution in [0.25, 0.3) is 10.9 Å². The summed E-state index contributed by atoms with van der Waals surface area (Å²) in [4.78, 5) is 23.9. The van der Waals surface area contributed by atoms with Gasteiger partial charge in [-0.25, -0.2) is 9.97 Å². The smallest absolute Gasteiger partial charge is 0.267 e. The van der Waals surface area contributed by atoms with E-state index in [1.165, 1.54) is 11.3 Å². The van der Waals surface area contributed by atoms with Gasteiger partial charge in [-0.05, 0) is 30.7 Å². The van der Waals surface area contributed by atoms with E-state index >= 15 is 0 Å². The number of anilines is 4. The lowest BCUT2D eigenvalue weighted by atomic mass is 10.1. The molecule has 3 N–H and O–H groups in total. The highest BCUT2D eigenvalue weighted by Gasteiger charge is 2.15. The summed E-state index contributed by atoms with van der Waals surface area (Å²) >= 11 is 1.27. The van der Waals surface area contributed by atoms with Crippen molar-refractivity contribution in [3.8, 4) is 0 Å². The van der Waals surface area contributed by atoms with Crippen molar-refractivity contribution < 1.29 is 4.79 Å². The van der Waals surface area contributed by atoms with Crippen LogP contribution < -0.4 is 15.5 Å². The predicted octanol–water partition coefficient (Wildman–Crippen LogP) is 3.78. The van der Waals surface area contributed by atoms with Crippen molar-refractivity contribution in [2.24, 2.45) is 0 Å². The van der Waals surface area contributed by atoms with E-state index in [4.69, 9.17) is 0 Å². The monoisotopic (exact) mass is 393 g/mol. The highest BCUT2D eigenvalue weighted by atomic mass is 32.1. The van der Waals surface area contributed by atoms with Crippen LogP contribution in [0.5, 0.6) is 0 Å². The van der Waals surface area contributed by atoms with Crippen molar-refractivity contribution in [2.75, 3.05) is 29.6 Å². The van der Waals surface area contributed by atoms with E-state index in [0.29, 0.717) is 15.8 Å². The molecule has 9 heteroatoms. The van der Waals surface area contributed by atoms with E-state index in [9.17, 15) is 4.79 Å². The second kappa shape index (κ2) is 7.28. The fourth-order valence-corrected chi connectivity index (χ4v) is 3.47. The molecular formula is C19H19N7OS. The molecule has 4 rings (SSSR count). The summed E-state index contributed by atoms with van der Waals surface area (Å²) in [6.45, 7) is 1.95. The molecular weight excluding hydrogens is 374 g/mol. The van der Waals surface area contributed by atoms with Gasteiger partial charge in [-0.1, -0.05) is 23.5 Å². The third kappa shape index (κ3) is 3.52. The molecule has 0 spiro atoms. The van der Waals surface area contributed by atoms with Crippen LogP contribution in [-0.4, -0.2) is 40.2 Å². The van der Waals surface area contributed by atoms with Gasteiger partial charge in [0, 0.05) is 19.5 Å². The largest absolute Gasteiger partial charge is 0.363 e. The van der Waals surface area contributed by atoms with Crippen molar-refractivity contribution in [2.45, 2.75) is 6.92 Å². The SMILES string of the molecule is Cc1ccc2[nH]ncc2c1NC(=O)c1cnc(Nc2cccc(N(C)C)n2)s1. The number of aromatic nitrogens is 4. The Bertz CT molecular complexity index is 1150. The van der Waals surface area contributed by atoms with E-state index in [-0.39, 0.29) is 5.91 Å². The van der Waals surface area contributed by atoms with Crippen LogP contribution in [0.4, 0.5) is 22.5 Å². The maximum absolute atomic E-state index is 12.7. The average Bonchev–Trinajstić information content (AvgIpc) is 3.33. The first-order valence-electron chi connectivity index (χ1n) is 8.62. The predicted molar refractivity (Wildman–Crippen MR) is 113 cm³/mol. The fourth-order valence-electron chi connectivity index (χ4n) is 2.76. The molecule has 0 radical (unpaired) electrons. The molecule has 0 saturated carbocycles. The lowest BCUT2D eigenvalue weighted by molar-refractivity contribution is 0.103. The van der Waals surface area contributed by atoms with Gasteiger partial charge in [0.15, 0.2) is 5.13 Å². The molecule has 28 heavy (non-hydrogen) atoms. The number of pyridine rings is 1. The van der Waals surface area contributed by atoms with Crippen molar-refractivity contribution in [3.63, 3.8) is 0 Å². The Hall–Kier alpha value is -3.46. The van der Waals surface area contributed by atoms with Crippen molar-refractivity contribution in [1.82, 2.24) is 20.2 Å². The Morgan fingerprint density at radius 1 is 1.18 bits per heavy atom. The van der Waals surface area contributed by atoms with Gasteiger partial charge in [0.1, 0.15) is 16.5 Å². The van der Waals surface area contributed by atoms with E-state index in [1.54, 1.807) is 12.4 Å². The van der Waals surface area contributed by atoms with Crippen LogP contribution in [0.15, 0.2) is 42.7 Å². The molecule has 0 fully saturated rings. The van der Waals surface area contributed by atoms with Gasteiger partial charge in [-0.15, -0.1) is 0 Å².